The number of anilines is 2. The molecule has 98 valence electrons. The molecule has 0 aromatic heterocycles. The predicted octanol–water partition coefficient (Wildman–Crippen LogP) is 3.90. The second-order valence-corrected chi connectivity index (χ2v) is 5.44. The highest BCUT2D eigenvalue weighted by Crippen LogP contribution is 2.30. The zero-order valence-electron chi connectivity index (χ0n) is 10.8. The van der Waals surface area contributed by atoms with Crippen molar-refractivity contribution in [2.75, 3.05) is 10.6 Å². The summed E-state index contributed by atoms with van der Waals surface area (Å²) in [5.74, 6) is 0.598. The van der Waals surface area contributed by atoms with Gasteiger partial charge in [0, 0.05) is 18.7 Å². The summed E-state index contributed by atoms with van der Waals surface area (Å²) in [7, 11) is 0. The molecule has 1 aromatic rings. The van der Waals surface area contributed by atoms with Crippen LogP contribution in [0.15, 0.2) is 18.2 Å². The highest BCUT2D eigenvalue weighted by atomic mass is 35.5. The van der Waals surface area contributed by atoms with Crippen molar-refractivity contribution in [1.82, 2.24) is 0 Å². The van der Waals surface area contributed by atoms with Crippen LogP contribution in [-0.2, 0) is 4.79 Å². The summed E-state index contributed by atoms with van der Waals surface area (Å²) >= 11 is 6.14. The lowest BCUT2D eigenvalue weighted by molar-refractivity contribution is -0.114. The molecule has 1 aliphatic carbocycles. The summed E-state index contributed by atoms with van der Waals surface area (Å²) in [4.78, 5) is 11.0. The van der Waals surface area contributed by atoms with Crippen LogP contribution in [0.1, 0.15) is 33.1 Å². The van der Waals surface area contributed by atoms with Crippen molar-refractivity contribution in [1.29, 1.82) is 0 Å². The van der Waals surface area contributed by atoms with Crippen LogP contribution >= 0.6 is 11.6 Å². The van der Waals surface area contributed by atoms with Crippen LogP contribution in [0.2, 0.25) is 5.02 Å². The molecular weight excluding hydrogens is 248 g/mol. The molecule has 0 spiro atoms. The van der Waals surface area contributed by atoms with E-state index in [1.165, 1.54) is 26.2 Å². The first kappa shape index (κ1) is 13.2. The normalized spacial score (nSPS) is 22.8. The van der Waals surface area contributed by atoms with Gasteiger partial charge in [0.05, 0.1) is 10.7 Å². The minimum absolute atomic E-state index is 0.109. The lowest BCUT2D eigenvalue weighted by Crippen LogP contribution is -2.21. The third-order valence-electron chi connectivity index (χ3n) is 3.49. The number of halogens is 1. The topological polar surface area (TPSA) is 41.1 Å². The van der Waals surface area contributed by atoms with Crippen LogP contribution in [0, 0.1) is 5.92 Å². The highest BCUT2D eigenvalue weighted by Gasteiger charge is 2.22. The van der Waals surface area contributed by atoms with Gasteiger partial charge in [-0.05, 0) is 37.0 Å². The minimum atomic E-state index is -0.109. The van der Waals surface area contributed by atoms with Gasteiger partial charge in [-0.15, -0.1) is 0 Å². The molecule has 0 heterocycles. The Hall–Kier alpha value is -1.22. The van der Waals surface area contributed by atoms with Crippen LogP contribution in [0.4, 0.5) is 11.4 Å². The van der Waals surface area contributed by atoms with E-state index in [0.29, 0.717) is 22.7 Å². The molecule has 1 amide bonds. The van der Waals surface area contributed by atoms with E-state index in [9.17, 15) is 4.79 Å². The Bertz CT molecular complexity index is 447. The fraction of sp³-hybridized carbons (Fsp3) is 0.500. The van der Waals surface area contributed by atoms with Gasteiger partial charge < -0.3 is 10.6 Å². The van der Waals surface area contributed by atoms with Crippen LogP contribution in [0.3, 0.4) is 0 Å². The maximum atomic E-state index is 11.0. The molecule has 0 bridgehead atoms. The monoisotopic (exact) mass is 266 g/mol. The first-order chi connectivity index (χ1) is 8.56. The molecule has 2 atom stereocenters. The molecule has 3 nitrogen and oxygen atoms in total. The van der Waals surface area contributed by atoms with Gasteiger partial charge in [-0.3, -0.25) is 4.79 Å². The smallest absolute Gasteiger partial charge is 0.221 e. The molecule has 4 heteroatoms. The van der Waals surface area contributed by atoms with Gasteiger partial charge in [-0.1, -0.05) is 24.9 Å². The molecule has 0 radical (unpaired) electrons. The summed E-state index contributed by atoms with van der Waals surface area (Å²) < 4.78 is 0. The van der Waals surface area contributed by atoms with E-state index in [1.807, 2.05) is 18.2 Å². The van der Waals surface area contributed by atoms with E-state index in [2.05, 4.69) is 17.6 Å². The zero-order valence-corrected chi connectivity index (χ0v) is 11.6. The van der Waals surface area contributed by atoms with E-state index in [4.69, 9.17) is 11.6 Å². The highest BCUT2D eigenvalue weighted by molar-refractivity contribution is 6.34. The minimum Gasteiger partial charge on any atom is -0.382 e. The summed E-state index contributed by atoms with van der Waals surface area (Å²) in [6.45, 7) is 3.75. The van der Waals surface area contributed by atoms with E-state index in [0.717, 1.165) is 5.69 Å². The fourth-order valence-electron chi connectivity index (χ4n) is 2.47. The maximum absolute atomic E-state index is 11.0. The third kappa shape index (κ3) is 3.16. The number of amides is 1. The zero-order chi connectivity index (χ0) is 13.1. The standard InChI is InChI=1S/C14H19ClN2O/c1-9-4-3-5-13(9)17-11-6-7-14(12(15)8-11)16-10(2)18/h6-9,13,17H,3-5H2,1-2H3,(H,16,18). The van der Waals surface area contributed by atoms with Crippen molar-refractivity contribution in [3.05, 3.63) is 23.2 Å². The number of hydrogen-bond donors (Lipinski definition) is 2. The quantitative estimate of drug-likeness (QED) is 0.871. The SMILES string of the molecule is CC(=O)Nc1ccc(NC2CCCC2C)cc1Cl. The van der Waals surface area contributed by atoms with Crippen LogP contribution in [-0.4, -0.2) is 11.9 Å². The Labute approximate surface area is 113 Å². The molecule has 0 aliphatic heterocycles. The number of carbonyl (C=O) groups excluding carboxylic acids is 1. The largest absolute Gasteiger partial charge is 0.382 e. The van der Waals surface area contributed by atoms with Crippen molar-refractivity contribution in [3.63, 3.8) is 0 Å². The second-order valence-electron chi connectivity index (χ2n) is 5.03. The maximum Gasteiger partial charge on any atom is 0.221 e. The molecule has 0 saturated heterocycles. The van der Waals surface area contributed by atoms with Crippen LogP contribution in [0.5, 0.6) is 0 Å². The molecule has 1 fully saturated rings. The van der Waals surface area contributed by atoms with Gasteiger partial charge in [-0.2, -0.15) is 0 Å². The number of nitrogens with one attached hydrogen (secondary N) is 2. The van der Waals surface area contributed by atoms with Gasteiger partial charge in [0.15, 0.2) is 0 Å². The first-order valence-corrected chi connectivity index (χ1v) is 6.77. The Kier molecular flexibility index (Phi) is 4.12. The molecule has 2 unspecified atom stereocenters. The molecule has 2 rings (SSSR count). The van der Waals surface area contributed by atoms with Crippen LogP contribution in [0.25, 0.3) is 0 Å². The summed E-state index contributed by atoms with van der Waals surface area (Å²) in [5.41, 5.74) is 1.68. The Morgan fingerprint density at radius 2 is 2.17 bits per heavy atom. The Morgan fingerprint density at radius 1 is 1.39 bits per heavy atom. The van der Waals surface area contributed by atoms with Crippen LogP contribution < -0.4 is 10.6 Å². The van der Waals surface area contributed by atoms with E-state index < -0.39 is 0 Å². The van der Waals surface area contributed by atoms with E-state index in [-0.39, 0.29) is 5.91 Å². The van der Waals surface area contributed by atoms with Gasteiger partial charge in [0.25, 0.3) is 0 Å². The molecule has 1 aliphatic rings. The van der Waals surface area contributed by atoms with E-state index >= 15 is 0 Å². The molecule has 2 N–H and O–H groups in total. The van der Waals surface area contributed by atoms with Crippen molar-refractivity contribution < 1.29 is 4.79 Å². The third-order valence-corrected chi connectivity index (χ3v) is 3.81. The molecular formula is C14H19ClN2O. The van der Waals surface area contributed by atoms with Gasteiger partial charge in [-0.25, -0.2) is 0 Å². The number of hydrogen-bond acceptors (Lipinski definition) is 2. The fourth-order valence-corrected chi connectivity index (χ4v) is 2.70. The number of rotatable bonds is 3. The Morgan fingerprint density at radius 3 is 2.72 bits per heavy atom. The van der Waals surface area contributed by atoms with Gasteiger partial charge in [0.1, 0.15) is 0 Å². The lowest BCUT2D eigenvalue weighted by Gasteiger charge is -2.19. The van der Waals surface area contributed by atoms with Gasteiger partial charge in [0.2, 0.25) is 5.91 Å². The number of carbonyl (C=O) groups is 1. The summed E-state index contributed by atoms with van der Waals surface area (Å²) in [6.07, 6.45) is 3.79. The number of benzene rings is 1. The van der Waals surface area contributed by atoms with Crippen molar-refractivity contribution in [2.24, 2.45) is 5.92 Å². The molecule has 1 saturated carbocycles. The lowest BCUT2D eigenvalue weighted by atomic mass is 10.1. The summed E-state index contributed by atoms with van der Waals surface area (Å²) in [5, 5.41) is 6.79. The Balaban J connectivity index is 2.06. The second kappa shape index (κ2) is 5.61. The average Bonchev–Trinajstić information content (AvgIpc) is 2.68. The first-order valence-electron chi connectivity index (χ1n) is 6.40. The molecule has 1 aromatic carbocycles. The van der Waals surface area contributed by atoms with Crippen molar-refractivity contribution in [3.8, 4) is 0 Å². The van der Waals surface area contributed by atoms with E-state index in [1.54, 1.807) is 0 Å². The summed E-state index contributed by atoms with van der Waals surface area (Å²) in [6, 6.07) is 6.21. The average molecular weight is 267 g/mol. The predicted molar refractivity (Wildman–Crippen MR) is 76.2 cm³/mol. The van der Waals surface area contributed by atoms with Crippen molar-refractivity contribution >= 4 is 28.9 Å². The molecule has 18 heavy (non-hydrogen) atoms. The van der Waals surface area contributed by atoms with Gasteiger partial charge >= 0.3 is 0 Å². The van der Waals surface area contributed by atoms with Crippen molar-refractivity contribution in [2.45, 2.75) is 39.2 Å².